The van der Waals surface area contributed by atoms with Crippen LogP contribution in [0, 0.1) is 0 Å². The van der Waals surface area contributed by atoms with Crippen molar-refractivity contribution in [3.05, 3.63) is 29.8 Å². The Morgan fingerprint density at radius 1 is 1.20 bits per heavy atom. The highest BCUT2D eigenvalue weighted by Gasteiger charge is 2.15. The van der Waals surface area contributed by atoms with E-state index in [-0.39, 0.29) is 6.04 Å². The van der Waals surface area contributed by atoms with Gasteiger partial charge in [0.05, 0.1) is 0 Å². The van der Waals surface area contributed by atoms with E-state index < -0.39 is 0 Å². The topological polar surface area (TPSA) is 26.0 Å². The van der Waals surface area contributed by atoms with E-state index in [1.54, 1.807) is 0 Å². The minimum atomic E-state index is 0.149. The van der Waals surface area contributed by atoms with E-state index in [2.05, 4.69) is 24.3 Å². The van der Waals surface area contributed by atoms with Crippen molar-refractivity contribution in [3.8, 4) is 0 Å². The van der Waals surface area contributed by atoms with Gasteiger partial charge in [0.1, 0.15) is 0 Å². The number of hydrogen-bond donors (Lipinski definition) is 1. The molecule has 2 N–H and O–H groups in total. The number of nitrogens with two attached hydrogens (primary N) is 1. The Hall–Kier alpha value is -0.470. The molecule has 0 aromatic heterocycles. The zero-order valence-electron chi connectivity index (χ0n) is 9.28. The van der Waals surface area contributed by atoms with Crippen molar-refractivity contribution >= 4 is 11.8 Å². The second-order valence-corrected chi connectivity index (χ2v) is 5.76. The Morgan fingerprint density at radius 2 is 1.80 bits per heavy atom. The van der Waals surface area contributed by atoms with Gasteiger partial charge in [0.25, 0.3) is 0 Å². The molecule has 0 heterocycles. The molecule has 1 aromatic rings. The molecule has 0 aliphatic heterocycles. The van der Waals surface area contributed by atoms with Crippen LogP contribution in [0.15, 0.2) is 29.2 Å². The normalized spacial score (nSPS) is 19.3. The molecule has 0 amide bonds. The first-order valence-electron chi connectivity index (χ1n) is 5.78. The van der Waals surface area contributed by atoms with Gasteiger partial charge in [-0.2, -0.15) is 0 Å². The van der Waals surface area contributed by atoms with E-state index in [0.717, 1.165) is 5.25 Å². The van der Waals surface area contributed by atoms with Crippen LogP contribution in [0.4, 0.5) is 0 Å². The van der Waals surface area contributed by atoms with E-state index in [4.69, 9.17) is 5.73 Å². The van der Waals surface area contributed by atoms with Crippen LogP contribution in [0.25, 0.3) is 0 Å². The molecule has 2 heteroatoms. The van der Waals surface area contributed by atoms with Crippen LogP contribution < -0.4 is 5.73 Å². The second-order valence-electron chi connectivity index (χ2n) is 4.38. The summed E-state index contributed by atoms with van der Waals surface area (Å²) in [5.74, 6) is 0. The first-order chi connectivity index (χ1) is 7.25. The van der Waals surface area contributed by atoms with Crippen LogP contribution in [0.1, 0.15) is 44.2 Å². The molecule has 1 unspecified atom stereocenters. The summed E-state index contributed by atoms with van der Waals surface area (Å²) >= 11 is 2.03. The Bertz CT molecular complexity index is 299. The van der Waals surface area contributed by atoms with Gasteiger partial charge in [-0.15, -0.1) is 11.8 Å². The summed E-state index contributed by atoms with van der Waals surface area (Å²) in [6, 6.07) is 8.88. The summed E-state index contributed by atoms with van der Waals surface area (Å²) in [7, 11) is 0. The van der Waals surface area contributed by atoms with Crippen LogP contribution in [-0.4, -0.2) is 5.25 Å². The maximum absolute atomic E-state index is 5.82. The molecule has 82 valence electrons. The van der Waals surface area contributed by atoms with Gasteiger partial charge in [-0.25, -0.2) is 0 Å². The van der Waals surface area contributed by atoms with Crippen molar-refractivity contribution in [1.29, 1.82) is 0 Å². The monoisotopic (exact) mass is 221 g/mol. The van der Waals surface area contributed by atoms with E-state index in [1.807, 2.05) is 18.7 Å². The van der Waals surface area contributed by atoms with Crippen LogP contribution in [0.5, 0.6) is 0 Å². The largest absolute Gasteiger partial charge is 0.324 e. The highest BCUT2D eigenvalue weighted by atomic mass is 32.2. The lowest BCUT2D eigenvalue weighted by atomic mass is 10.1. The SMILES string of the molecule is CC(N)c1ccc(SC2CCCC2)cc1. The molecule has 1 aromatic carbocycles. The third kappa shape index (κ3) is 2.99. The molecular weight excluding hydrogens is 202 g/mol. The van der Waals surface area contributed by atoms with Gasteiger partial charge in [-0.3, -0.25) is 0 Å². The lowest BCUT2D eigenvalue weighted by Gasteiger charge is -2.10. The molecule has 1 nitrogen and oxygen atoms in total. The lowest BCUT2D eigenvalue weighted by Crippen LogP contribution is -2.04. The zero-order valence-corrected chi connectivity index (χ0v) is 10.1. The smallest absolute Gasteiger partial charge is 0.0266 e. The van der Waals surface area contributed by atoms with E-state index >= 15 is 0 Å². The van der Waals surface area contributed by atoms with Gasteiger partial charge in [-0.1, -0.05) is 25.0 Å². The molecule has 0 spiro atoms. The fraction of sp³-hybridized carbons (Fsp3) is 0.538. The summed E-state index contributed by atoms with van der Waals surface area (Å²) in [6.45, 7) is 2.03. The molecule has 1 atom stereocenters. The predicted molar refractivity (Wildman–Crippen MR) is 67.2 cm³/mol. The maximum atomic E-state index is 5.82. The molecule has 0 bridgehead atoms. The van der Waals surface area contributed by atoms with Crippen LogP contribution in [0.2, 0.25) is 0 Å². The van der Waals surface area contributed by atoms with Gasteiger partial charge in [0.2, 0.25) is 0 Å². The van der Waals surface area contributed by atoms with Crippen molar-refractivity contribution in [2.45, 2.75) is 48.8 Å². The highest BCUT2D eigenvalue weighted by Crippen LogP contribution is 2.34. The predicted octanol–water partition coefficient (Wildman–Crippen LogP) is 3.74. The van der Waals surface area contributed by atoms with Crippen molar-refractivity contribution in [3.63, 3.8) is 0 Å². The van der Waals surface area contributed by atoms with Crippen molar-refractivity contribution in [2.75, 3.05) is 0 Å². The van der Waals surface area contributed by atoms with Gasteiger partial charge >= 0.3 is 0 Å². The molecule has 1 aliphatic rings. The summed E-state index contributed by atoms with van der Waals surface area (Å²) in [5.41, 5.74) is 7.05. The molecule has 1 saturated carbocycles. The highest BCUT2D eigenvalue weighted by molar-refractivity contribution is 8.00. The average molecular weight is 221 g/mol. The van der Waals surface area contributed by atoms with Gasteiger partial charge in [0, 0.05) is 16.2 Å². The third-order valence-electron chi connectivity index (χ3n) is 3.01. The van der Waals surface area contributed by atoms with Crippen LogP contribution in [0.3, 0.4) is 0 Å². The van der Waals surface area contributed by atoms with Crippen molar-refractivity contribution < 1.29 is 0 Å². The Labute approximate surface area is 96.4 Å². The van der Waals surface area contributed by atoms with E-state index in [1.165, 1.54) is 36.1 Å². The number of hydrogen-bond acceptors (Lipinski definition) is 2. The summed E-state index contributed by atoms with van der Waals surface area (Å²) in [6.07, 6.45) is 5.60. The standard InChI is InChI=1S/C13H19NS/c1-10(14)11-6-8-13(9-7-11)15-12-4-2-3-5-12/h6-10,12H,2-5,14H2,1H3. The summed E-state index contributed by atoms with van der Waals surface area (Å²) < 4.78 is 0. The average Bonchev–Trinajstić information content (AvgIpc) is 2.71. The minimum absolute atomic E-state index is 0.149. The number of thioether (sulfide) groups is 1. The van der Waals surface area contributed by atoms with E-state index in [9.17, 15) is 0 Å². The second kappa shape index (κ2) is 5.04. The molecule has 15 heavy (non-hydrogen) atoms. The minimum Gasteiger partial charge on any atom is -0.324 e. The van der Waals surface area contributed by atoms with Gasteiger partial charge < -0.3 is 5.73 Å². The molecule has 0 radical (unpaired) electrons. The molecule has 0 saturated heterocycles. The Morgan fingerprint density at radius 3 is 2.33 bits per heavy atom. The zero-order chi connectivity index (χ0) is 10.7. The third-order valence-corrected chi connectivity index (χ3v) is 4.36. The van der Waals surface area contributed by atoms with Crippen LogP contribution in [-0.2, 0) is 0 Å². The number of benzene rings is 1. The first-order valence-corrected chi connectivity index (χ1v) is 6.66. The fourth-order valence-electron chi connectivity index (χ4n) is 2.05. The lowest BCUT2D eigenvalue weighted by molar-refractivity contribution is 0.816. The van der Waals surface area contributed by atoms with Crippen molar-refractivity contribution in [2.24, 2.45) is 5.73 Å². The summed E-state index contributed by atoms with van der Waals surface area (Å²) in [4.78, 5) is 1.39. The quantitative estimate of drug-likeness (QED) is 0.841. The summed E-state index contributed by atoms with van der Waals surface area (Å²) in [5, 5.41) is 0.853. The Balaban J connectivity index is 1.97. The molecular formula is C13H19NS. The fourth-order valence-corrected chi connectivity index (χ4v) is 3.30. The van der Waals surface area contributed by atoms with Crippen LogP contribution >= 0.6 is 11.8 Å². The molecule has 2 rings (SSSR count). The molecule has 1 aliphatic carbocycles. The van der Waals surface area contributed by atoms with Gasteiger partial charge in [-0.05, 0) is 37.5 Å². The Kier molecular flexibility index (Phi) is 3.71. The molecule has 1 fully saturated rings. The number of rotatable bonds is 3. The maximum Gasteiger partial charge on any atom is 0.0266 e. The van der Waals surface area contributed by atoms with E-state index in [0.29, 0.717) is 0 Å². The first kappa shape index (κ1) is 11.0. The van der Waals surface area contributed by atoms with Gasteiger partial charge in [0.15, 0.2) is 0 Å². The van der Waals surface area contributed by atoms with Crippen molar-refractivity contribution in [1.82, 2.24) is 0 Å².